The molecule has 0 radical (unpaired) electrons. The van der Waals surface area contributed by atoms with Crippen LogP contribution in [0, 0.1) is 0 Å². The normalized spacial score (nSPS) is 17.3. The van der Waals surface area contributed by atoms with Crippen LogP contribution in [0.1, 0.15) is 30.6 Å². The highest BCUT2D eigenvalue weighted by Gasteiger charge is 2.32. The lowest BCUT2D eigenvalue weighted by Gasteiger charge is -2.22. The molecule has 4 aromatic rings. The second-order valence-corrected chi connectivity index (χ2v) is 11.3. The summed E-state index contributed by atoms with van der Waals surface area (Å²) in [4.78, 5) is 33.0. The minimum atomic E-state index is -0.413. The minimum absolute atomic E-state index is 0.356. The number of rotatable bonds is 10. The first-order valence-corrected chi connectivity index (χ1v) is 14.5. The Labute approximate surface area is 242 Å². The van der Waals surface area contributed by atoms with Crippen molar-refractivity contribution in [3.8, 4) is 22.9 Å². The number of ether oxygens (including phenoxy) is 3. The zero-order valence-corrected chi connectivity index (χ0v) is 24.2. The van der Waals surface area contributed by atoms with Gasteiger partial charge in [0, 0.05) is 30.1 Å². The maximum Gasteiger partial charge on any atom is 0.240 e. The van der Waals surface area contributed by atoms with Crippen molar-refractivity contribution in [1.29, 1.82) is 0 Å². The number of nitrogens with one attached hydrogen (secondary N) is 1. The maximum absolute atomic E-state index is 12.2. The van der Waals surface area contributed by atoms with Crippen molar-refractivity contribution in [2.75, 3.05) is 51.2 Å². The molecular formula is C28H34N8O4S. The van der Waals surface area contributed by atoms with E-state index in [4.69, 9.17) is 29.9 Å². The Hall–Kier alpha value is -4.10. The number of carbonyl (C=O) groups excluding carboxylic acids is 1. The van der Waals surface area contributed by atoms with Gasteiger partial charge in [0.2, 0.25) is 17.6 Å². The van der Waals surface area contributed by atoms with E-state index in [0.29, 0.717) is 47.8 Å². The van der Waals surface area contributed by atoms with Crippen molar-refractivity contribution in [1.82, 2.24) is 24.4 Å². The van der Waals surface area contributed by atoms with Crippen molar-refractivity contribution < 1.29 is 19.0 Å². The van der Waals surface area contributed by atoms with E-state index in [0.717, 1.165) is 42.0 Å². The number of nitrogens with two attached hydrogens (primary N) is 1. The highest BCUT2D eigenvalue weighted by molar-refractivity contribution is 7.18. The summed E-state index contributed by atoms with van der Waals surface area (Å²) in [6.45, 7) is 3.80. The number of nitrogens with zero attached hydrogens (tertiary/aromatic N) is 6. The van der Waals surface area contributed by atoms with Gasteiger partial charge in [0.25, 0.3) is 0 Å². The first-order valence-electron chi connectivity index (χ1n) is 13.7. The Balaban J connectivity index is 1.36. The number of imidazole rings is 1. The van der Waals surface area contributed by atoms with Crippen molar-refractivity contribution in [2.24, 2.45) is 5.73 Å². The van der Waals surface area contributed by atoms with Crippen LogP contribution in [-0.2, 0) is 11.3 Å². The first-order chi connectivity index (χ1) is 20.0. The lowest BCUT2D eigenvalue weighted by Crippen LogP contribution is -2.41. The van der Waals surface area contributed by atoms with Crippen molar-refractivity contribution in [3.63, 3.8) is 0 Å². The van der Waals surface area contributed by atoms with E-state index in [1.54, 1.807) is 39.0 Å². The molecule has 13 heteroatoms. The predicted octanol–water partition coefficient (Wildman–Crippen LogP) is 3.70. The Kier molecular flexibility index (Phi) is 7.54. The van der Waals surface area contributed by atoms with Crippen LogP contribution in [0.2, 0.25) is 0 Å². The molecule has 3 aromatic heterocycles. The topological polar surface area (TPSA) is 133 Å². The maximum atomic E-state index is 12.2. The Morgan fingerprint density at radius 2 is 1.80 bits per heavy atom. The summed E-state index contributed by atoms with van der Waals surface area (Å²) >= 11 is 1.66. The molecule has 6 rings (SSSR count). The molecule has 1 amide bonds. The van der Waals surface area contributed by atoms with Crippen LogP contribution in [0.3, 0.4) is 0 Å². The lowest BCUT2D eigenvalue weighted by atomic mass is 10.2. The molecule has 2 aliphatic heterocycles. The Morgan fingerprint density at radius 1 is 1.05 bits per heavy atom. The summed E-state index contributed by atoms with van der Waals surface area (Å²) in [5.74, 6) is 3.00. The van der Waals surface area contributed by atoms with Gasteiger partial charge in [0.15, 0.2) is 11.5 Å². The molecule has 2 saturated heterocycles. The quantitative estimate of drug-likeness (QED) is 0.287. The monoisotopic (exact) mass is 578 g/mol. The van der Waals surface area contributed by atoms with E-state index in [2.05, 4.69) is 21.3 Å². The SMILES string of the molecule is COc1cc(-n2cnc(Nc3nc(N4CCCC4C(N)=O)nc4sc(CN5CCCC5)cc34)c2)cc(OC)c1OC. The van der Waals surface area contributed by atoms with Gasteiger partial charge < -0.3 is 34.7 Å². The number of amides is 1. The molecule has 3 N–H and O–H groups in total. The third-order valence-electron chi connectivity index (χ3n) is 7.62. The molecule has 2 aliphatic rings. The van der Waals surface area contributed by atoms with Gasteiger partial charge >= 0.3 is 0 Å². The van der Waals surface area contributed by atoms with Crippen LogP contribution >= 0.6 is 11.3 Å². The Morgan fingerprint density at radius 3 is 2.49 bits per heavy atom. The number of hydrogen-bond donors (Lipinski definition) is 2. The number of hydrogen-bond acceptors (Lipinski definition) is 11. The largest absolute Gasteiger partial charge is 0.493 e. The van der Waals surface area contributed by atoms with Gasteiger partial charge in [0.1, 0.15) is 28.8 Å². The average molecular weight is 579 g/mol. The molecule has 12 nitrogen and oxygen atoms in total. The van der Waals surface area contributed by atoms with Gasteiger partial charge in [-0.25, -0.2) is 9.97 Å². The number of carbonyl (C=O) groups is 1. The summed E-state index contributed by atoms with van der Waals surface area (Å²) in [6.07, 6.45) is 7.61. The number of thiophene rings is 1. The number of benzene rings is 1. The zero-order chi connectivity index (χ0) is 28.5. The van der Waals surface area contributed by atoms with E-state index < -0.39 is 6.04 Å². The molecule has 41 heavy (non-hydrogen) atoms. The molecule has 1 atom stereocenters. The number of fused-ring (bicyclic) bond motifs is 1. The smallest absolute Gasteiger partial charge is 0.240 e. The highest BCUT2D eigenvalue weighted by atomic mass is 32.1. The number of aromatic nitrogens is 4. The fourth-order valence-corrected chi connectivity index (χ4v) is 6.66. The average Bonchev–Trinajstić information content (AvgIpc) is 3.79. The van der Waals surface area contributed by atoms with Gasteiger partial charge in [-0.2, -0.15) is 4.98 Å². The van der Waals surface area contributed by atoms with E-state index >= 15 is 0 Å². The number of anilines is 3. The van der Waals surface area contributed by atoms with Gasteiger partial charge in [-0.1, -0.05) is 0 Å². The van der Waals surface area contributed by atoms with Crippen LogP contribution in [0.4, 0.5) is 17.6 Å². The Bertz CT molecular complexity index is 1540. The van der Waals surface area contributed by atoms with Gasteiger partial charge in [0.05, 0.1) is 38.6 Å². The van der Waals surface area contributed by atoms with Crippen molar-refractivity contribution >= 4 is 45.0 Å². The second-order valence-electron chi connectivity index (χ2n) is 10.2. The fourth-order valence-electron chi connectivity index (χ4n) is 5.59. The van der Waals surface area contributed by atoms with E-state index in [9.17, 15) is 4.79 Å². The standard InChI is InChI=1S/C28H34N8O4S/c1-38-21-11-17(12-22(39-2)24(21)40-3)35-15-23(30-16-35)31-26-19-13-18(14-34-8-4-5-9-34)41-27(19)33-28(32-26)36-10-6-7-20(36)25(29)37/h11-13,15-16,20H,4-10,14H2,1-3H3,(H2,29,37)(H,31,32,33). The molecule has 0 spiro atoms. The van der Waals surface area contributed by atoms with Crippen molar-refractivity contribution in [3.05, 3.63) is 35.6 Å². The van der Waals surface area contributed by atoms with Crippen molar-refractivity contribution in [2.45, 2.75) is 38.3 Å². The summed E-state index contributed by atoms with van der Waals surface area (Å²) in [5.41, 5.74) is 6.51. The molecular weight excluding hydrogens is 544 g/mol. The molecule has 0 saturated carbocycles. The summed E-state index contributed by atoms with van der Waals surface area (Å²) in [7, 11) is 4.74. The first kappa shape index (κ1) is 27.1. The van der Waals surface area contributed by atoms with E-state index in [1.807, 2.05) is 27.8 Å². The molecule has 1 unspecified atom stereocenters. The van der Waals surface area contributed by atoms with Crippen LogP contribution < -0.4 is 30.2 Å². The third-order valence-corrected chi connectivity index (χ3v) is 8.64. The number of primary amides is 1. The summed E-state index contributed by atoms with van der Waals surface area (Å²) in [6, 6.07) is 5.46. The van der Waals surface area contributed by atoms with Crippen LogP contribution in [-0.4, -0.2) is 77.3 Å². The summed E-state index contributed by atoms with van der Waals surface area (Å²) < 4.78 is 18.4. The minimum Gasteiger partial charge on any atom is -0.493 e. The molecule has 2 fully saturated rings. The van der Waals surface area contributed by atoms with Gasteiger partial charge in [-0.05, 0) is 44.8 Å². The fraction of sp³-hybridized carbons (Fsp3) is 0.429. The van der Waals surface area contributed by atoms with Crippen LogP contribution in [0.25, 0.3) is 15.9 Å². The highest BCUT2D eigenvalue weighted by Crippen LogP contribution is 2.40. The van der Waals surface area contributed by atoms with Gasteiger partial charge in [-0.3, -0.25) is 9.69 Å². The molecule has 5 heterocycles. The van der Waals surface area contributed by atoms with Crippen LogP contribution in [0.5, 0.6) is 17.2 Å². The van der Waals surface area contributed by atoms with Crippen LogP contribution in [0.15, 0.2) is 30.7 Å². The van der Waals surface area contributed by atoms with E-state index in [-0.39, 0.29) is 5.91 Å². The van der Waals surface area contributed by atoms with Gasteiger partial charge in [-0.15, -0.1) is 11.3 Å². The number of methoxy groups -OCH3 is 3. The molecule has 1 aromatic carbocycles. The summed E-state index contributed by atoms with van der Waals surface area (Å²) in [5, 5.41) is 4.33. The number of likely N-dealkylation sites (tertiary alicyclic amines) is 1. The predicted molar refractivity (Wildman–Crippen MR) is 158 cm³/mol. The second kappa shape index (κ2) is 11.4. The third kappa shape index (κ3) is 5.34. The van der Waals surface area contributed by atoms with E-state index in [1.165, 1.54) is 17.7 Å². The zero-order valence-electron chi connectivity index (χ0n) is 23.4. The molecule has 216 valence electrons. The molecule has 0 aliphatic carbocycles. The lowest BCUT2D eigenvalue weighted by molar-refractivity contribution is -0.119. The molecule has 0 bridgehead atoms.